The number of furan rings is 1. The molecular formula is C14H13ClO3. The summed E-state index contributed by atoms with van der Waals surface area (Å²) in [5.41, 5.74) is 0.563. The molecule has 18 heavy (non-hydrogen) atoms. The van der Waals surface area contributed by atoms with Crippen molar-refractivity contribution in [3.63, 3.8) is 0 Å². The molecule has 1 fully saturated rings. The second kappa shape index (κ2) is 4.41. The molecule has 1 aromatic heterocycles. The highest BCUT2D eigenvalue weighted by molar-refractivity contribution is 6.34. The molecule has 4 heteroatoms. The summed E-state index contributed by atoms with van der Waals surface area (Å²) in [6, 6.07) is 7.19. The third-order valence-corrected chi connectivity index (χ3v) is 3.68. The van der Waals surface area contributed by atoms with E-state index in [1.54, 1.807) is 12.1 Å². The highest BCUT2D eigenvalue weighted by Gasteiger charge is 2.33. The zero-order valence-corrected chi connectivity index (χ0v) is 10.7. The van der Waals surface area contributed by atoms with E-state index in [-0.39, 0.29) is 17.8 Å². The Hall–Kier alpha value is -1.32. The van der Waals surface area contributed by atoms with E-state index in [9.17, 15) is 4.79 Å². The van der Waals surface area contributed by atoms with Crippen LogP contribution in [-0.2, 0) is 4.74 Å². The monoisotopic (exact) mass is 264 g/mol. The molecule has 2 heterocycles. The number of fused-ring (bicyclic) bond motifs is 1. The Bertz CT molecular complexity index is 602. The normalized spacial score (nSPS) is 23.7. The first-order valence-electron chi connectivity index (χ1n) is 6.00. The molecule has 3 nitrogen and oxygen atoms in total. The Labute approximate surface area is 110 Å². The topological polar surface area (TPSA) is 39.4 Å². The lowest BCUT2D eigenvalue weighted by molar-refractivity contribution is 0.0554. The first-order chi connectivity index (χ1) is 8.66. The van der Waals surface area contributed by atoms with E-state index in [1.165, 1.54) is 0 Å². The fourth-order valence-electron chi connectivity index (χ4n) is 2.32. The molecule has 0 amide bonds. The van der Waals surface area contributed by atoms with Gasteiger partial charge in [0.25, 0.3) is 0 Å². The van der Waals surface area contributed by atoms with E-state index in [0.29, 0.717) is 23.0 Å². The van der Waals surface area contributed by atoms with E-state index in [4.69, 9.17) is 20.8 Å². The third-order valence-electron chi connectivity index (χ3n) is 3.38. The highest BCUT2D eigenvalue weighted by atomic mass is 35.5. The number of halogens is 1. The van der Waals surface area contributed by atoms with Gasteiger partial charge in [-0.15, -0.1) is 0 Å². The van der Waals surface area contributed by atoms with Crippen LogP contribution in [0.25, 0.3) is 11.0 Å². The van der Waals surface area contributed by atoms with Crippen LogP contribution in [0, 0.1) is 5.92 Å². The maximum absolute atomic E-state index is 12.3. The summed E-state index contributed by atoms with van der Waals surface area (Å²) in [5.74, 6) is 0.477. The Morgan fingerprint density at radius 2 is 2.28 bits per heavy atom. The Kier molecular flexibility index (Phi) is 2.88. The van der Waals surface area contributed by atoms with Crippen molar-refractivity contribution >= 4 is 28.4 Å². The maximum atomic E-state index is 12.3. The van der Waals surface area contributed by atoms with Crippen molar-refractivity contribution < 1.29 is 13.9 Å². The minimum atomic E-state index is -0.385. The fourth-order valence-corrected chi connectivity index (χ4v) is 2.54. The SMILES string of the molecule is CC1CCOC1C(=O)c1cc2cccc(Cl)c2o1. The lowest BCUT2D eigenvalue weighted by Gasteiger charge is -2.10. The van der Waals surface area contributed by atoms with Gasteiger partial charge in [0.15, 0.2) is 11.3 Å². The van der Waals surface area contributed by atoms with Crippen molar-refractivity contribution in [1.82, 2.24) is 0 Å². The maximum Gasteiger partial charge on any atom is 0.226 e. The van der Waals surface area contributed by atoms with Crippen molar-refractivity contribution in [2.45, 2.75) is 19.4 Å². The van der Waals surface area contributed by atoms with Gasteiger partial charge in [0.1, 0.15) is 6.10 Å². The van der Waals surface area contributed by atoms with Crippen LogP contribution in [0.2, 0.25) is 5.02 Å². The lowest BCUT2D eigenvalue weighted by Crippen LogP contribution is -2.24. The van der Waals surface area contributed by atoms with Gasteiger partial charge in [0.2, 0.25) is 5.78 Å². The first-order valence-corrected chi connectivity index (χ1v) is 6.38. The minimum Gasteiger partial charge on any atom is -0.451 e. The summed E-state index contributed by atoms with van der Waals surface area (Å²) in [7, 11) is 0. The van der Waals surface area contributed by atoms with Gasteiger partial charge in [-0.2, -0.15) is 0 Å². The largest absolute Gasteiger partial charge is 0.451 e. The van der Waals surface area contributed by atoms with Crippen LogP contribution in [0.4, 0.5) is 0 Å². The predicted molar refractivity (Wildman–Crippen MR) is 69.1 cm³/mol. The molecule has 1 aromatic carbocycles. The van der Waals surface area contributed by atoms with Crippen molar-refractivity contribution in [3.8, 4) is 0 Å². The molecule has 0 N–H and O–H groups in total. The van der Waals surface area contributed by atoms with Gasteiger partial charge >= 0.3 is 0 Å². The summed E-state index contributed by atoms with van der Waals surface area (Å²) >= 11 is 6.03. The molecule has 94 valence electrons. The molecule has 0 spiro atoms. The number of hydrogen-bond donors (Lipinski definition) is 0. The van der Waals surface area contributed by atoms with E-state index in [1.807, 2.05) is 19.1 Å². The smallest absolute Gasteiger partial charge is 0.226 e. The third kappa shape index (κ3) is 1.84. The van der Waals surface area contributed by atoms with Crippen LogP contribution in [-0.4, -0.2) is 18.5 Å². The average Bonchev–Trinajstić information content (AvgIpc) is 2.95. The molecule has 0 radical (unpaired) electrons. The van der Waals surface area contributed by atoms with Crippen LogP contribution in [0.1, 0.15) is 23.9 Å². The van der Waals surface area contributed by atoms with Gasteiger partial charge in [-0.05, 0) is 24.5 Å². The molecule has 3 rings (SSSR count). The Balaban J connectivity index is 1.99. The molecule has 1 saturated heterocycles. The molecule has 2 unspecified atom stereocenters. The van der Waals surface area contributed by atoms with E-state index < -0.39 is 0 Å². The number of carbonyl (C=O) groups excluding carboxylic acids is 1. The van der Waals surface area contributed by atoms with Crippen molar-refractivity contribution in [1.29, 1.82) is 0 Å². The summed E-state index contributed by atoms with van der Waals surface area (Å²) in [6.45, 7) is 2.66. The van der Waals surface area contributed by atoms with Gasteiger partial charge in [0, 0.05) is 12.0 Å². The fraction of sp³-hybridized carbons (Fsp3) is 0.357. The number of ketones is 1. The molecule has 1 aliphatic heterocycles. The van der Waals surface area contributed by atoms with Gasteiger partial charge < -0.3 is 9.15 Å². The molecule has 0 aliphatic carbocycles. The van der Waals surface area contributed by atoms with E-state index in [2.05, 4.69) is 0 Å². The second-order valence-electron chi connectivity index (χ2n) is 4.69. The van der Waals surface area contributed by atoms with Crippen molar-refractivity contribution in [2.24, 2.45) is 5.92 Å². The summed E-state index contributed by atoms with van der Waals surface area (Å²) < 4.78 is 11.0. The van der Waals surface area contributed by atoms with Crippen LogP contribution < -0.4 is 0 Å². The number of rotatable bonds is 2. The van der Waals surface area contributed by atoms with E-state index in [0.717, 1.165) is 11.8 Å². The number of benzene rings is 1. The minimum absolute atomic E-state index is 0.0905. The van der Waals surface area contributed by atoms with E-state index >= 15 is 0 Å². The van der Waals surface area contributed by atoms with Crippen molar-refractivity contribution in [3.05, 3.63) is 35.0 Å². The second-order valence-corrected chi connectivity index (χ2v) is 5.10. The van der Waals surface area contributed by atoms with Gasteiger partial charge in [0.05, 0.1) is 5.02 Å². The molecule has 0 saturated carbocycles. The number of hydrogen-bond acceptors (Lipinski definition) is 3. The van der Waals surface area contributed by atoms with Crippen LogP contribution in [0.3, 0.4) is 0 Å². The summed E-state index contributed by atoms with van der Waals surface area (Å²) in [5, 5.41) is 1.36. The zero-order chi connectivity index (χ0) is 12.7. The van der Waals surface area contributed by atoms with Crippen LogP contribution in [0.5, 0.6) is 0 Å². The quantitative estimate of drug-likeness (QED) is 0.777. The molecule has 1 aliphatic rings. The number of para-hydroxylation sites is 1. The zero-order valence-electron chi connectivity index (χ0n) is 9.98. The molecule has 2 atom stereocenters. The number of carbonyl (C=O) groups is 1. The van der Waals surface area contributed by atoms with Gasteiger partial charge in [-0.3, -0.25) is 4.79 Å². The number of Topliss-reactive ketones (excluding diaryl/α,β-unsaturated/α-hetero) is 1. The average molecular weight is 265 g/mol. The Morgan fingerprint density at radius 3 is 2.94 bits per heavy atom. The van der Waals surface area contributed by atoms with Crippen molar-refractivity contribution in [2.75, 3.05) is 6.61 Å². The molecular weight excluding hydrogens is 252 g/mol. The highest BCUT2D eigenvalue weighted by Crippen LogP contribution is 2.30. The summed E-state index contributed by atoms with van der Waals surface area (Å²) in [4.78, 5) is 12.3. The first kappa shape index (κ1) is 11.8. The predicted octanol–water partition coefficient (Wildman–Crippen LogP) is 3.69. The lowest BCUT2D eigenvalue weighted by atomic mass is 9.99. The van der Waals surface area contributed by atoms with Gasteiger partial charge in [-0.1, -0.05) is 30.7 Å². The summed E-state index contributed by atoms with van der Waals surface area (Å²) in [6.07, 6.45) is 0.529. The standard InChI is InChI=1S/C14H13ClO3/c1-8-5-6-17-13(8)12(16)11-7-9-3-2-4-10(15)14(9)18-11/h2-4,7-8,13H,5-6H2,1H3. The van der Waals surface area contributed by atoms with Gasteiger partial charge in [-0.25, -0.2) is 0 Å². The molecule has 0 bridgehead atoms. The van der Waals surface area contributed by atoms with Crippen LogP contribution >= 0.6 is 11.6 Å². The Morgan fingerprint density at radius 1 is 1.44 bits per heavy atom. The molecule has 2 aromatic rings. The number of ether oxygens (including phenoxy) is 1. The van der Waals surface area contributed by atoms with Crippen LogP contribution in [0.15, 0.2) is 28.7 Å².